The standard InChI is InChI=1S/C23H21N3O5S/c1-17-5-10-21(32(28,29)25-15-20-4-2-13-30-20)14-22(17)23(27)31-16-18-6-8-19(9-7-18)26-12-3-11-24-26/h2-14,25H,15-16H2,1H3. The van der Waals surface area contributed by atoms with Gasteiger partial charge in [-0.3, -0.25) is 0 Å². The lowest BCUT2D eigenvalue weighted by atomic mass is 10.1. The third-order valence-electron chi connectivity index (χ3n) is 4.83. The number of carbonyl (C=O) groups is 1. The highest BCUT2D eigenvalue weighted by molar-refractivity contribution is 7.89. The SMILES string of the molecule is Cc1ccc(S(=O)(=O)NCc2ccco2)cc1C(=O)OCc1ccc(-n2cccn2)cc1. The Hall–Kier alpha value is -3.69. The maximum atomic E-state index is 12.6. The summed E-state index contributed by atoms with van der Waals surface area (Å²) in [5.41, 5.74) is 2.50. The van der Waals surface area contributed by atoms with Gasteiger partial charge in [0.15, 0.2) is 0 Å². The average Bonchev–Trinajstić information content (AvgIpc) is 3.51. The number of benzene rings is 2. The van der Waals surface area contributed by atoms with E-state index in [1.807, 2.05) is 36.5 Å². The molecule has 4 aromatic rings. The minimum absolute atomic E-state index is 0.0114. The van der Waals surface area contributed by atoms with E-state index in [0.29, 0.717) is 11.3 Å². The predicted molar refractivity (Wildman–Crippen MR) is 117 cm³/mol. The number of aryl methyl sites for hydroxylation is 1. The zero-order valence-electron chi connectivity index (χ0n) is 17.3. The van der Waals surface area contributed by atoms with E-state index < -0.39 is 16.0 Å². The van der Waals surface area contributed by atoms with Crippen LogP contribution in [-0.4, -0.2) is 24.2 Å². The zero-order valence-corrected chi connectivity index (χ0v) is 18.1. The van der Waals surface area contributed by atoms with Crippen LogP contribution in [0.4, 0.5) is 0 Å². The van der Waals surface area contributed by atoms with E-state index in [2.05, 4.69) is 9.82 Å². The lowest BCUT2D eigenvalue weighted by Gasteiger charge is -2.11. The number of carbonyl (C=O) groups excluding carboxylic acids is 1. The van der Waals surface area contributed by atoms with Gasteiger partial charge in [0, 0.05) is 12.4 Å². The molecule has 0 aliphatic rings. The van der Waals surface area contributed by atoms with Crippen LogP contribution in [0.25, 0.3) is 5.69 Å². The summed E-state index contributed by atoms with van der Waals surface area (Å²) in [4.78, 5) is 12.6. The van der Waals surface area contributed by atoms with Gasteiger partial charge in [-0.15, -0.1) is 0 Å². The Morgan fingerprint density at radius 1 is 1.12 bits per heavy atom. The predicted octanol–water partition coefficient (Wildman–Crippen LogP) is 3.61. The molecule has 2 aromatic heterocycles. The van der Waals surface area contributed by atoms with E-state index in [4.69, 9.17) is 9.15 Å². The normalized spacial score (nSPS) is 11.4. The maximum absolute atomic E-state index is 12.6. The molecule has 0 fully saturated rings. The molecule has 0 bridgehead atoms. The molecule has 4 rings (SSSR count). The molecule has 0 amide bonds. The molecule has 0 saturated carbocycles. The molecule has 0 aliphatic heterocycles. The number of rotatable bonds is 8. The molecule has 164 valence electrons. The number of hydrogen-bond donors (Lipinski definition) is 1. The molecule has 8 nitrogen and oxygen atoms in total. The number of sulfonamides is 1. The number of ether oxygens (including phenoxy) is 1. The third kappa shape index (κ3) is 4.96. The highest BCUT2D eigenvalue weighted by Gasteiger charge is 2.19. The summed E-state index contributed by atoms with van der Waals surface area (Å²) in [7, 11) is -3.83. The molecule has 0 saturated heterocycles. The summed E-state index contributed by atoms with van der Waals surface area (Å²) in [6.45, 7) is 1.80. The second kappa shape index (κ2) is 9.21. The Morgan fingerprint density at radius 2 is 1.94 bits per heavy atom. The first-order valence-electron chi connectivity index (χ1n) is 9.81. The van der Waals surface area contributed by atoms with E-state index in [-0.39, 0.29) is 23.6 Å². The van der Waals surface area contributed by atoms with Crippen molar-refractivity contribution in [3.8, 4) is 5.69 Å². The van der Waals surface area contributed by atoms with E-state index >= 15 is 0 Å². The molecule has 0 atom stereocenters. The first kappa shape index (κ1) is 21.5. The van der Waals surface area contributed by atoms with Crippen molar-refractivity contribution in [3.63, 3.8) is 0 Å². The minimum atomic E-state index is -3.83. The van der Waals surface area contributed by atoms with Gasteiger partial charge in [0.05, 0.1) is 29.0 Å². The smallest absolute Gasteiger partial charge is 0.338 e. The summed E-state index contributed by atoms with van der Waals surface area (Å²) >= 11 is 0. The fraction of sp³-hybridized carbons (Fsp3) is 0.130. The minimum Gasteiger partial charge on any atom is -0.468 e. The van der Waals surface area contributed by atoms with Crippen molar-refractivity contribution < 1.29 is 22.4 Å². The van der Waals surface area contributed by atoms with E-state index in [0.717, 1.165) is 11.3 Å². The van der Waals surface area contributed by atoms with Crippen molar-refractivity contribution in [1.29, 1.82) is 0 Å². The summed E-state index contributed by atoms with van der Waals surface area (Å²) in [6.07, 6.45) is 5.00. The van der Waals surface area contributed by atoms with Crippen molar-refractivity contribution in [1.82, 2.24) is 14.5 Å². The number of nitrogens with zero attached hydrogens (tertiary/aromatic N) is 2. The van der Waals surface area contributed by atoms with Crippen molar-refractivity contribution in [2.75, 3.05) is 0 Å². The number of furan rings is 1. The van der Waals surface area contributed by atoms with E-state index in [9.17, 15) is 13.2 Å². The highest BCUT2D eigenvalue weighted by atomic mass is 32.2. The molecule has 2 aromatic carbocycles. The fourth-order valence-electron chi connectivity index (χ4n) is 3.04. The van der Waals surface area contributed by atoms with Crippen molar-refractivity contribution in [3.05, 3.63) is 102 Å². The van der Waals surface area contributed by atoms with Crippen LogP contribution in [0.1, 0.15) is 27.2 Å². The van der Waals surface area contributed by atoms with Gasteiger partial charge in [-0.25, -0.2) is 22.6 Å². The first-order chi connectivity index (χ1) is 15.4. The summed E-state index contributed by atoms with van der Waals surface area (Å²) in [5, 5.41) is 4.17. The van der Waals surface area contributed by atoms with E-state index in [1.165, 1.54) is 18.4 Å². The van der Waals surface area contributed by atoms with E-state index in [1.54, 1.807) is 36.0 Å². The molecule has 32 heavy (non-hydrogen) atoms. The van der Waals surface area contributed by atoms with Crippen LogP contribution < -0.4 is 4.72 Å². The lowest BCUT2D eigenvalue weighted by molar-refractivity contribution is 0.0471. The summed E-state index contributed by atoms with van der Waals surface area (Å²) in [6, 6.07) is 17.0. The Labute approximate surface area is 185 Å². The van der Waals surface area contributed by atoms with Crippen LogP contribution in [-0.2, 0) is 27.9 Å². The van der Waals surface area contributed by atoms with Crippen LogP contribution >= 0.6 is 0 Å². The Kier molecular flexibility index (Phi) is 6.20. The number of hydrogen-bond acceptors (Lipinski definition) is 6. The number of nitrogens with one attached hydrogen (secondary N) is 1. The van der Waals surface area contributed by atoms with Crippen LogP contribution in [0.5, 0.6) is 0 Å². The van der Waals surface area contributed by atoms with Crippen molar-refractivity contribution in [2.24, 2.45) is 0 Å². The van der Waals surface area contributed by atoms with Crippen molar-refractivity contribution >= 4 is 16.0 Å². The molecule has 0 aliphatic carbocycles. The van der Waals surface area contributed by atoms with Gasteiger partial charge >= 0.3 is 5.97 Å². The van der Waals surface area contributed by atoms with Crippen LogP contribution in [0.15, 0.2) is 88.6 Å². The topological polar surface area (TPSA) is 103 Å². The zero-order chi connectivity index (χ0) is 22.6. The molecule has 0 radical (unpaired) electrons. The monoisotopic (exact) mass is 451 g/mol. The molecule has 0 spiro atoms. The molecule has 9 heteroatoms. The second-order valence-electron chi connectivity index (χ2n) is 7.07. The van der Waals surface area contributed by atoms with Gasteiger partial charge in [-0.2, -0.15) is 5.10 Å². The van der Waals surface area contributed by atoms with Crippen LogP contribution in [0.3, 0.4) is 0 Å². The van der Waals surface area contributed by atoms with Gasteiger partial charge in [0.1, 0.15) is 12.4 Å². The number of esters is 1. The third-order valence-corrected chi connectivity index (χ3v) is 6.23. The van der Waals surface area contributed by atoms with Crippen LogP contribution in [0, 0.1) is 6.92 Å². The fourth-order valence-corrected chi connectivity index (χ4v) is 4.06. The highest BCUT2D eigenvalue weighted by Crippen LogP contribution is 2.18. The quantitative estimate of drug-likeness (QED) is 0.411. The van der Waals surface area contributed by atoms with Crippen LogP contribution in [0.2, 0.25) is 0 Å². The lowest BCUT2D eigenvalue weighted by Crippen LogP contribution is -2.23. The Balaban J connectivity index is 1.43. The Bertz CT molecular complexity index is 1300. The molecule has 0 unspecified atom stereocenters. The van der Waals surface area contributed by atoms with Gasteiger partial charge in [-0.05, 0) is 60.5 Å². The number of aromatic nitrogens is 2. The van der Waals surface area contributed by atoms with Gasteiger partial charge in [0.2, 0.25) is 10.0 Å². The largest absolute Gasteiger partial charge is 0.468 e. The van der Waals surface area contributed by atoms with Gasteiger partial charge in [0.25, 0.3) is 0 Å². The van der Waals surface area contributed by atoms with Gasteiger partial charge < -0.3 is 9.15 Å². The Morgan fingerprint density at radius 3 is 2.62 bits per heavy atom. The van der Waals surface area contributed by atoms with Gasteiger partial charge in [-0.1, -0.05) is 18.2 Å². The van der Waals surface area contributed by atoms with Crippen molar-refractivity contribution in [2.45, 2.75) is 25.0 Å². The maximum Gasteiger partial charge on any atom is 0.338 e. The summed E-state index contributed by atoms with van der Waals surface area (Å²) in [5.74, 6) is -0.111. The summed E-state index contributed by atoms with van der Waals surface area (Å²) < 4.78 is 40.0. The molecular formula is C23H21N3O5S. The second-order valence-corrected chi connectivity index (χ2v) is 8.84. The average molecular weight is 452 g/mol. The first-order valence-corrected chi connectivity index (χ1v) is 11.3. The molecule has 2 heterocycles. The molecular weight excluding hydrogens is 430 g/mol. The molecule has 1 N–H and O–H groups in total.